The Balaban J connectivity index is 1.28. The third-order valence-corrected chi connectivity index (χ3v) is 8.42. The van der Waals surface area contributed by atoms with E-state index in [-0.39, 0.29) is 47.7 Å². The SMILES string of the molecule is CC(C)(/C=C(\C#N)C(=O)N1CCC[C@@H](n2nc(-c3ccc(Oc4ccccc4)cc3F)c3c(N)ncnc32)C1)N1CCNC(=O)C1. The van der Waals surface area contributed by atoms with Gasteiger partial charge in [0.1, 0.15) is 46.8 Å². The van der Waals surface area contributed by atoms with Gasteiger partial charge < -0.3 is 20.7 Å². The second kappa shape index (κ2) is 12.6. The number of likely N-dealkylation sites (tertiary alicyclic amines) is 1. The Morgan fingerprint density at radius 3 is 2.72 bits per heavy atom. The summed E-state index contributed by atoms with van der Waals surface area (Å²) in [5, 5.41) is 18.0. The number of carbonyl (C=O) groups excluding carboxylic acids is 2. The molecule has 0 radical (unpaired) electrons. The first-order valence-corrected chi connectivity index (χ1v) is 15.1. The number of carbonyl (C=O) groups is 2. The summed E-state index contributed by atoms with van der Waals surface area (Å²) in [5.41, 5.74) is 6.52. The topological polar surface area (TPSA) is 155 Å². The fourth-order valence-electron chi connectivity index (χ4n) is 6.04. The maximum Gasteiger partial charge on any atom is 0.264 e. The van der Waals surface area contributed by atoms with Gasteiger partial charge in [0, 0.05) is 43.3 Å². The van der Waals surface area contributed by atoms with E-state index in [0.717, 1.165) is 0 Å². The Kier molecular flexibility index (Phi) is 8.38. The van der Waals surface area contributed by atoms with E-state index < -0.39 is 17.3 Å². The first-order valence-electron chi connectivity index (χ1n) is 15.1. The number of para-hydroxylation sites is 1. The number of hydrogen-bond acceptors (Lipinski definition) is 9. The Bertz CT molecular complexity index is 1870. The molecule has 4 heterocycles. The van der Waals surface area contributed by atoms with Gasteiger partial charge in [-0.2, -0.15) is 10.4 Å². The average Bonchev–Trinajstić information content (AvgIpc) is 3.45. The molecule has 0 saturated carbocycles. The second-order valence-electron chi connectivity index (χ2n) is 11.9. The smallest absolute Gasteiger partial charge is 0.264 e. The Morgan fingerprint density at radius 2 is 1.98 bits per heavy atom. The van der Waals surface area contributed by atoms with Crippen LogP contribution in [0.2, 0.25) is 0 Å². The third kappa shape index (κ3) is 6.12. The number of amides is 2. The van der Waals surface area contributed by atoms with Crippen LogP contribution in [0.4, 0.5) is 10.2 Å². The largest absolute Gasteiger partial charge is 0.457 e. The molecule has 6 rings (SSSR count). The maximum absolute atomic E-state index is 15.6. The summed E-state index contributed by atoms with van der Waals surface area (Å²) in [6.45, 7) is 5.79. The van der Waals surface area contributed by atoms with Crippen LogP contribution in [-0.2, 0) is 9.59 Å². The molecular weight excluding hydrogens is 589 g/mol. The lowest BCUT2D eigenvalue weighted by Gasteiger charge is -2.39. The number of benzene rings is 2. The molecule has 3 N–H and O–H groups in total. The van der Waals surface area contributed by atoms with Gasteiger partial charge in [0.25, 0.3) is 5.91 Å². The van der Waals surface area contributed by atoms with Gasteiger partial charge in [0.15, 0.2) is 5.65 Å². The fourth-order valence-corrected chi connectivity index (χ4v) is 6.04. The van der Waals surface area contributed by atoms with Crippen LogP contribution in [0.3, 0.4) is 0 Å². The summed E-state index contributed by atoms with van der Waals surface area (Å²) in [7, 11) is 0. The Hall–Kier alpha value is -5.35. The number of hydrogen-bond donors (Lipinski definition) is 2. The third-order valence-electron chi connectivity index (χ3n) is 8.42. The monoisotopic (exact) mass is 623 g/mol. The van der Waals surface area contributed by atoms with Gasteiger partial charge in [-0.05, 0) is 57.0 Å². The quantitative estimate of drug-likeness (QED) is 0.231. The van der Waals surface area contributed by atoms with Crippen LogP contribution in [0.25, 0.3) is 22.3 Å². The second-order valence-corrected chi connectivity index (χ2v) is 11.9. The van der Waals surface area contributed by atoms with Gasteiger partial charge >= 0.3 is 0 Å². The molecule has 0 bridgehead atoms. The van der Waals surface area contributed by atoms with Crippen molar-refractivity contribution in [3.63, 3.8) is 0 Å². The van der Waals surface area contributed by atoms with Crippen molar-refractivity contribution in [1.82, 2.24) is 34.9 Å². The van der Waals surface area contributed by atoms with E-state index in [1.807, 2.05) is 36.9 Å². The predicted octanol–water partition coefficient (Wildman–Crippen LogP) is 3.83. The van der Waals surface area contributed by atoms with Crippen LogP contribution in [0.5, 0.6) is 11.5 Å². The lowest BCUT2D eigenvalue weighted by Crippen LogP contribution is -2.55. The summed E-state index contributed by atoms with van der Waals surface area (Å²) in [5.74, 6) is 0.0180. The summed E-state index contributed by atoms with van der Waals surface area (Å²) < 4.78 is 23.1. The first kappa shape index (κ1) is 30.7. The van der Waals surface area contributed by atoms with Gasteiger partial charge in [-0.25, -0.2) is 19.0 Å². The van der Waals surface area contributed by atoms with E-state index >= 15 is 4.39 Å². The standard InChI is InChI=1S/C33H34FN9O3/c1-33(2,42-14-12-37-27(44)19-42)16-21(17-35)32(45)41-13-6-7-22(18-41)43-31-28(30(36)38-20-39-31)29(40-43)25-11-10-24(15-26(25)34)46-23-8-4-3-5-9-23/h3-5,8-11,15-16,20,22H,6-7,12-14,18-19H2,1-2H3,(H,37,44)(H2,36,38,39)/b21-16+/t22-/m1/s1. The Morgan fingerprint density at radius 1 is 1.17 bits per heavy atom. The normalized spacial score (nSPS) is 17.9. The number of nitrogens with one attached hydrogen (secondary N) is 1. The molecule has 2 aliphatic rings. The molecule has 2 aliphatic heterocycles. The molecule has 236 valence electrons. The van der Waals surface area contributed by atoms with E-state index in [0.29, 0.717) is 55.0 Å². The number of fused-ring (bicyclic) bond motifs is 1. The summed E-state index contributed by atoms with van der Waals surface area (Å²) in [4.78, 5) is 37.8. The number of nitrogens with zero attached hydrogens (tertiary/aromatic N) is 7. The van der Waals surface area contributed by atoms with Crippen molar-refractivity contribution in [3.8, 4) is 28.8 Å². The number of ether oxygens (including phenoxy) is 1. The minimum Gasteiger partial charge on any atom is -0.457 e. The average molecular weight is 624 g/mol. The van der Waals surface area contributed by atoms with E-state index in [4.69, 9.17) is 15.6 Å². The van der Waals surface area contributed by atoms with Crippen LogP contribution < -0.4 is 15.8 Å². The van der Waals surface area contributed by atoms with Gasteiger partial charge in [0.2, 0.25) is 5.91 Å². The molecule has 2 saturated heterocycles. The van der Waals surface area contributed by atoms with Crippen molar-refractivity contribution in [2.75, 3.05) is 38.5 Å². The maximum atomic E-state index is 15.6. The highest BCUT2D eigenvalue weighted by Gasteiger charge is 2.34. The number of anilines is 1. The number of piperazine rings is 1. The number of rotatable bonds is 7. The number of aromatic nitrogens is 4. The number of nitriles is 1. The number of piperidine rings is 1. The van der Waals surface area contributed by atoms with Gasteiger partial charge in [-0.3, -0.25) is 14.5 Å². The lowest BCUT2D eigenvalue weighted by molar-refractivity contribution is -0.128. The molecule has 46 heavy (non-hydrogen) atoms. The highest BCUT2D eigenvalue weighted by Crippen LogP contribution is 2.36. The zero-order valence-corrected chi connectivity index (χ0v) is 25.6. The molecule has 2 aromatic heterocycles. The van der Waals surface area contributed by atoms with Crippen LogP contribution in [-0.4, -0.2) is 79.6 Å². The van der Waals surface area contributed by atoms with Gasteiger partial charge in [0.05, 0.1) is 18.0 Å². The van der Waals surface area contributed by atoms with Crippen molar-refractivity contribution in [2.24, 2.45) is 0 Å². The van der Waals surface area contributed by atoms with Crippen molar-refractivity contribution in [1.29, 1.82) is 5.26 Å². The number of halogens is 1. The van der Waals surface area contributed by atoms with E-state index in [1.54, 1.807) is 39.9 Å². The molecule has 2 aromatic carbocycles. The van der Waals surface area contributed by atoms with Crippen molar-refractivity contribution >= 4 is 28.7 Å². The highest BCUT2D eigenvalue weighted by atomic mass is 19.1. The van der Waals surface area contributed by atoms with Crippen LogP contribution >= 0.6 is 0 Å². The van der Waals surface area contributed by atoms with Crippen molar-refractivity contribution in [3.05, 3.63) is 72.3 Å². The molecule has 2 fully saturated rings. The zero-order chi connectivity index (χ0) is 32.4. The summed E-state index contributed by atoms with van der Waals surface area (Å²) in [6, 6.07) is 15.4. The predicted molar refractivity (Wildman–Crippen MR) is 169 cm³/mol. The van der Waals surface area contributed by atoms with Gasteiger partial charge in [-0.15, -0.1) is 0 Å². The number of nitrogens with two attached hydrogens (primary N) is 1. The molecule has 12 nitrogen and oxygen atoms in total. The minimum absolute atomic E-state index is 0.00842. The molecular formula is C33H34FN9O3. The highest BCUT2D eigenvalue weighted by molar-refractivity contribution is 5.99. The van der Waals surface area contributed by atoms with Crippen LogP contribution in [0, 0.1) is 17.1 Å². The minimum atomic E-state index is -0.693. The summed E-state index contributed by atoms with van der Waals surface area (Å²) >= 11 is 0. The first-order chi connectivity index (χ1) is 22.1. The van der Waals surface area contributed by atoms with E-state index in [9.17, 15) is 14.9 Å². The zero-order valence-electron chi connectivity index (χ0n) is 25.6. The summed E-state index contributed by atoms with van der Waals surface area (Å²) in [6.07, 6.45) is 4.30. The molecule has 0 aliphatic carbocycles. The van der Waals surface area contributed by atoms with E-state index in [1.165, 1.54) is 12.4 Å². The molecule has 13 heteroatoms. The fraction of sp³-hybridized carbons (Fsp3) is 0.333. The van der Waals surface area contributed by atoms with Crippen LogP contribution in [0.15, 0.2) is 66.5 Å². The van der Waals surface area contributed by atoms with Crippen molar-refractivity contribution in [2.45, 2.75) is 38.3 Å². The number of nitrogen functional groups attached to an aromatic ring is 1. The molecule has 0 unspecified atom stereocenters. The molecule has 4 aromatic rings. The van der Waals surface area contributed by atoms with Gasteiger partial charge in [-0.1, -0.05) is 18.2 Å². The molecule has 0 spiro atoms. The van der Waals surface area contributed by atoms with Crippen LogP contribution in [0.1, 0.15) is 32.7 Å². The Labute approximate surface area is 265 Å². The van der Waals surface area contributed by atoms with Crippen molar-refractivity contribution < 1.29 is 18.7 Å². The molecule has 1 atom stereocenters. The lowest BCUT2D eigenvalue weighted by atomic mass is 9.96. The van der Waals surface area contributed by atoms with E-state index in [2.05, 4.69) is 21.4 Å². The molecule has 2 amide bonds.